The first-order valence-electron chi connectivity index (χ1n) is 12.5. The quantitative estimate of drug-likeness (QED) is 0.359. The number of fused-ring (bicyclic) bond motifs is 2. The molecule has 0 amide bonds. The Morgan fingerprint density at radius 1 is 0.892 bits per heavy atom. The maximum absolute atomic E-state index is 12.5. The summed E-state index contributed by atoms with van der Waals surface area (Å²) in [5.41, 5.74) is 3.30. The standard InChI is InChI=1S/C24H31N3OS.C4H4O4/c1-3-7-22(28)19-10-11-24-21(18-19)27(20-8-4-5-9-23(20)29-24)13-6-12-26-16-14-25(2)15-17-26;5-3(6)1-2-4(7)8/h4-5,8-11,18H,3,6-7,12-17H2,1-2H3;1-2H,(H,5,6)(H,7,8)/b;2-1+. The van der Waals surface area contributed by atoms with E-state index in [1.807, 2.05) is 17.8 Å². The van der Waals surface area contributed by atoms with E-state index >= 15 is 0 Å². The molecule has 0 saturated carbocycles. The van der Waals surface area contributed by atoms with Gasteiger partial charge >= 0.3 is 11.9 Å². The van der Waals surface area contributed by atoms with Crippen molar-refractivity contribution in [1.29, 1.82) is 0 Å². The maximum atomic E-state index is 12.5. The van der Waals surface area contributed by atoms with Gasteiger partial charge in [0.25, 0.3) is 0 Å². The van der Waals surface area contributed by atoms with Crippen LogP contribution in [0.25, 0.3) is 0 Å². The third-order valence-corrected chi connectivity index (χ3v) is 7.38. The minimum absolute atomic E-state index is 0.247. The number of carboxylic acid groups (broad SMARTS) is 2. The number of Topliss-reactive ketones (excluding diaryl/α,β-unsaturated/α-hetero) is 1. The van der Waals surface area contributed by atoms with Crippen molar-refractivity contribution in [1.82, 2.24) is 9.80 Å². The molecule has 2 aromatic rings. The largest absolute Gasteiger partial charge is 0.478 e. The van der Waals surface area contributed by atoms with Gasteiger partial charge in [-0.05, 0) is 50.7 Å². The average Bonchev–Trinajstić information content (AvgIpc) is 2.88. The van der Waals surface area contributed by atoms with Crippen LogP contribution in [0.4, 0.5) is 11.4 Å². The molecule has 37 heavy (non-hydrogen) atoms. The number of ketones is 1. The van der Waals surface area contributed by atoms with Gasteiger partial charge in [-0.2, -0.15) is 0 Å². The Morgan fingerprint density at radius 2 is 1.54 bits per heavy atom. The molecule has 1 saturated heterocycles. The Bertz CT molecular complexity index is 1110. The average molecular weight is 526 g/mol. The first kappa shape index (κ1) is 28.4. The van der Waals surface area contributed by atoms with Gasteiger partial charge < -0.3 is 24.9 Å². The van der Waals surface area contributed by atoms with Crippen LogP contribution < -0.4 is 4.90 Å². The zero-order valence-electron chi connectivity index (χ0n) is 21.4. The van der Waals surface area contributed by atoms with E-state index in [4.69, 9.17) is 10.2 Å². The van der Waals surface area contributed by atoms with Crippen molar-refractivity contribution in [2.45, 2.75) is 36.0 Å². The van der Waals surface area contributed by atoms with E-state index in [0.29, 0.717) is 18.6 Å². The minimum atomic E-state index is -1.26. The van der Waals surface area contributed by atoms with Gasteiger partial charge in [-0.25, -0.2) is 9.59 Å². The second kappa shape index (κ2) is 14.0. The van der Waals surface area contributed by atoms with Gasteiger partial charge in [-0.3, -0.25) is 4.79 Å². The Hall–Kier alpha value is -3.14. The van der Waals surface area contributed by atoms with Crippen LogP contribution in [0.2, 0.25) is 0 Å². The van der Waals surface area contributed by atoms with Crippen LogP contribution in [0.1, 0.15) is 36.5 Å². The highest BCUT2D eigenvalue weighted by atomic mass is 32.2. The lowest BCUT2D eigenvalue weighted by molar-refractivity contribution is -0.134. The fourth-order valence-electron chi connectivity index (χ4n) is 4.28. The molecule has 2 aliphatic heterocycles. The Kier molecular flexibility index (Phi) is 10.7. The first-order valence-corrected chi connectivity index (χ1v) is 13.4. The number of carbonyl (C=O) groups excluding carboxylic acids is 1. The number of hydrogen-bond acceptors (Lipinski definition) is 7. The molecule has 1 fully saturated rings. The molecule has 0 unspecified atom stereocenters. The lowest BCUT2D eigenvalue weighted by Crippen LogP contribution is -2.45. The predicted molar refractivity (Wildman–Crippen MR) is 146 cm³/mol. The summed E-state index contributed by atoms with van der Waals surface area (Å²) in [6, 6.07) is 14.9. The SMILES string of the molecule is CCCC(=O)c1ccc2c(c1)N(CCCN1CCN(C)CC1)c1ccccc1S2.O=C(O)/C=C/C(=O)O. The molecule has 0 aliphatic carbocycles. The Morgan fingerprint density at radius 3 is 2.19 bits per heavy atom. The van der Waals surface area contributed by atoms with Gasteiger partial charge in [0.1, 0.15) is 0 Å². The molecule has 8 nitrogen and oxygen atoms in total. The number of rotatable bonds is 9. The van der Waals surface area contributed by atoms with Crippen molar-refractivity contribution in [2.24, 2.45) is 0 Å². The van der Waals surface area contributed by atoms with Gasteiger partial charge in [0.15, 0.2) is 5.78 Å². The number of nitrogens with zero attached hydrogens (tertiary/aromatic N) is 3. The van der Waals surface area contributed by atoms with Crippen molar-refractivity contribution in [3.63, 3.8) is 0 Å². The second-order valence-electron chi connectivity index (χ2n) is 9.09. The molecule has 0 aromatic heterocycles. The third-order valence-electron chi connectivity index (χ3n) is 6.25. The first-order chi connectivity index (χ1) is 17.8. The second-order valence-corrected chi connectivity index (χ2v) is 10.2. The van der Waals surface area contributed by atoms with Crippen molar-refractivity contribution >= 4 is 40.9 Å². The molecule has 4 rings (SSSR count). The van der Waals surface area contributed by atoms with E-state index in [2.05, 4.69) is 65.1 Å². The van der Waals surface area contributed by atoms with E-state index in [9.17, 15) is 14.4 Å². The minimum Gasteiger partial charge on any atom is -0.478 e. The monoisotopic (exact) mass is 525 g/mol. The molecule has 0 atom stereocenters. The summed E-state index contributed by atoms with van der Waals surface area (Å²) in [5, 5.41) is 15.6. The summed E-state index contributed by atoms with van der Waals surface area (Å²) in [6.07, 6.45) is 3.74. The third kappa shape index (κ3) is 8.45. The van der Waals surface area contributed by atoms with Gasteiger partial charge in [-0.15, -0.1) is 0 Å². The molecule has 2 aliphatic rings. The molecule has 0 radical (unpaired) electrons. The van der Waals surface area contributed by atoms with Crippen LogP contribution in [-0.4, -0.2) is 84.1 Å². The van der Waals surface area contributed by atoms with Crippen LogP contribution in [0.3, 0.4) is 0 Å². The molecule has 0 bridgehead atoms. The molecule has 2 N–H and O–H groups in total. The molecule has 0 spiro atoms. The summed E-state index contributed by atoms with van der Waals surface area (Å²) >= 11 is 1.81. The highest BCUT2D eigenvalue weighted by Crippen LogP contribution is 2.48. The number of carbonyl (C=O) groups is 3. The van der Waals surface area contributed by atoms with E-state index in [1.54, 1.807) is 0 Å². The number of para-hydroxylation sites is 1. The Labute approximate surface area is 222 Å². The maximum Gasteiger partial charge on any atom is 0.328 e. The van der Waals surface area contributed by atoms with Crippen molar-refractivity contribution in [3.8, 4) is 0 Å². The fraction of sp³-hybridized carbons (Fsp3) is 0.393. The molecular formula is C28H35N3O5S. The number of hydrogen-bond donors (Lipinski definition) is 2. The van der Waals surface area contributed by atoms with Crippen LogP contribution in [-0.2, 0) is 9.59 Å². The fourth-order valence-corrected chi connectivity index (χ4v) is 5.36. The normalized spacial score (nSPS) is 15.5. The van der Waals surface area contributed by atoms with Gasteiger partial charge in [0.05, 0.1) is 11.4 Å². The summed E-state index contributed by atoms with van der Waals surface area (Å²) in [6.45, 7) is 8.81. The van der Waals surface area contributed by atoms with E-state index < -0.39 is 11.9 Å². The van der Waals surface area contributed by atoms with Gasteiger partial charge in [0.2, 0.25) is 0 Å². The number of piperazine rings is 1. The highest BCUT2D eigenvalue weighted by molar-refractivity contribution is 7.99. The number of anilines is 2. The predicted octanol–water partition coefficient (Wildman–Crippen LogP) is 4.62. The van der Waals surface area contributed by atoms with Crippen molar-refractivity contribution in [2.75, 3.05) is 51.2 Å². The van der Waals surface area contributed by atoms with Crippen LogP contribution in [0.5, 0.6) is 0 Å². The molecule has 198 valence electrons. The molecule has 2 heterocycles. The van der Waals surface area contributed by atoms with Crippen molar-refractivity contribution < 1.29 is 24.6 Å². The van der Waals surface area contributed by atoms with E-state index in [-0.39, 0.29) is 5.78 Å². The summed E-state index contributed by atoms with van der Waals surface area (Å²) in [7, 11) is 2.20. The summed E-state index contributed by atoms with van der Waals surface area (Å²) < 4.78 is 0. The molecule has 2 aromatic carbocycles. The number of benzene rings is 2. The zero-order chi connectivity index (χ0) is 26.8. The van der Waals surface area contributed by atoms with E-state index in [1.165, 1.54) is 21.2 Å². The number of aliphatic carboxylic acids is 2. The Balaban J connectivity index is 0.000000414. The van der Waals surface area contributed by atoms with Crippen LogP contribution in [0.15, 0.2) is 64.4 Å². The van der Waals surface area contributed by atoms with Crippen molar-refractivity contribution in [3.05, 3.63) is 60.2 Å². The highest BCUT2D eigenvalue weighted by Gasteiger charge is 2.24. The number of likely N-dealkylation sites (N-methyl/N-ethyl adjacent to an activating group) is 1. The number of carboxylic acids is 2. The summed E-state index contributed by atoms with van der Waals surface area (Å²) in [5.74, 6) is -2.27. The summed E-state index contributed by atoms with van der Waals surface area (Å²) in [4.78, 5) is 41.6. The molecule has 9 heteroatoms. The van der Waals surface area contributed by atoms with Gasteiger partial charge in [-0.1, -0.05) is 36.9 Å². The topological polar surface area (TPSA) is 101 Å². The smallest absolute Gasteiger partial charge is 0.328 e. The van der Waals surface area contributed by atoms with Gasteiger partial charge in [0, 0.05) is 66.7 Å². The molecular weight excluding hydrogens is 490 g/mol. The lowest BCUT2D eigenvalue weighted by atomic mass is 10.1. The van der Waals surface area contributed by atoms with Crippen LogP contribution in [0, 0.1) is 0 Å². The zero-order valence-corrected chi connectivity index (χ0v) is 22.2. The lowest BCUT2D eigenvalue weighted by Gasteiger charge is -2.35. The van der Waals surface area contributed by atoms with E-state index in [0.717, 1.165) is 57.7 Å². The van der Waals surface area contributed by atoms with Crippen LogP contribution >= 0.6 is 11.8 Å².